The predicted molar refractivity (Wildman–Crippen MR) is 65.6 cm³/mol. The maximum absolute atomic E-state index is 12.7. The van der Waals surface area contributed by atoms with Crippen LogP contribution < -0.4 is 5.32 Å². The van der Waals surface area contributed by atoms with Crippen molar-refractivity contribution < 1.29 is 19.0 Å². The van der Waals surface area contributed by atoms with Crippen molar-refractivity contribution in [3.05, 3.63) is 35.6 Å². The lowest BCUT2D eigenvalue weighted by Crippen LogP contribution is -2.29. The van der Waals surface area contributed by atoms with Crippen LogP contribution in [-0.2, 0) is 4.74 Å². The number of alkyl carbamates (subject to hydrolysis) is 1. The van der Waals surface area contributed by atoms with Gasteiger partial charge in [0, 0.05) is 0 Å². The number of carbonyl (C=O) groups excluding carboxylic acids is 1. The highest BCUT2D eigenvalue weighted by Gasteiger charge is 2.09. The molecule has 1 atom stereocenters. The van der Waals surface area contributed by atoms with E-state index in [1.54, 1.807) is 0 Å². The van der Waals surface area contributed by atoms with Gasteiger partial charge in [0.15, 0.2) is 0 Å². The number of benzene rings is 1. The highest BCUT2D eigenvalue weighted by Crippen LogP contribution is 2.12. The summed E-state index contributed by atoms with van der Waals surface area (Å²) >= 11 is 0. The van der Waals surface area contributed by atoms with Crippen molar-refractivity contribution in [3.63, 3.8) is 0 Å². The molecule has 0 heterocycles. The molecule has 1 aromatic carbocycles. The molecule has 4 nitrogen and oxygen atoms in total. The minimum absolute atomic E-state index is 0.0383. The van der Waals surface area contributed by atoms with Crippen LogP contribution in [0.15, 0.2) is 24.3 Å². The molecule has 0 saturated heterocycles. The van der Waals surface area contributed by atoms with Crippen molar-refractivity contribution in [2.45, 2.75) is 25.9 Å². The minimum Gasteiger partial charge on any atom is -0.450 e. The van der Waals surface area contributed by atoms with E-state index >= 15 is 0 Å². The van der Waals surface area contributed by atoms with Crippen molar-refractivity contribution in [1.82, 2.24) is 5.32 Å². The van der Waals surface area contributed by atoms with Crippen LogP contribution in [0.4, 0.5) is 9.18 Å². The zero-order chi connectivity index (χ0) is 13.4. The van der Waals surface area contributed by atoms with Crippen LogP contribution in [0, 0.1) is 5.82 Å². The molecule has 100 valence electrons. The van der Waals surface area contributed by atoms with Crippen LogP contribution in [0.1, 0.15) is 31.4 Å². The van der Waals surface area contributed by atoms with Crippen LogP contribution in [0.3, 0.4) is 0 Å². The summed E-state index contributed by atoms with van der Waals surface area (Å²) in [6.07, 6.45) is 0.341. The number of ether oxygens (including phenoxy) is 1. The number of aliphatic hydroxyl groups excluding tert-OH is 1. The number of nitrogens with one attached hydrogen (secondary N) is 1. The molecule has 0 saturated carbocycles. The molecule has 0 aromatic heterocycles. The van der Waals surface area contributed by atoms with Crippen molar-refractivity contribution >= 4 is 6.09 Å². The Morgan fingerprint density at radius 2 is 2.11 bits per heavy atom. The Hall–Kier alpha value is -1.62. The van der Waals surface area contributed by atoms with Crippen molar-refractivity contribution in [1.29, 1.82) is 0 Å². The van der Waals surface area contributed by atoms with Crippen molar-refractivity contribution in [3.8, 4) is 0 Å². The van der Waals surface area contributed by atoms with Gasteiger partial charge in [0.05, 0.1) is 19.3 Å². The van der Waals surface area contributed by atoms with Crippen molar-refractivity contribution in [2.24, 2.45) is 0 Å². The summed E-state index contributed by atoms with van der Waals surface area (Å²) in [5.41, 5.74) is 0.547. The van der Waals surface area contributed by atoms with Gasteiger partial charge >= 0.3 is 6.09 Å². The topological polar surface area (TPSA) is 58.6 Å². The molecule has 0 aliphatic heterocycles. The third-order valence-electron chi connectivity index (χ3n) is 2.43. The molecule has 1 rings (SSSR count). The number of carbonyl (C=O) groups is 1. The molecule has 18 heavy (non-hydrogen) atoms. The van der Waals surface area contributed by atoms with E-state index in [2.05, 4.69) is 5.32 Å². The van der Waals surface area contributed by atoms with Gasteiger partial charge in [-0.3, -0.25) is 0 Å². The number of aliphatic hydroxyl groups is 1. The molecular weight excluding hydrogens is 237 g/mol. The van der Waals surface area contributed by atoms with E-state index in [0.29, 0.717) is 12.2 Å². The lowest BCUT2D eigenvalue weighted by molar-refractivity contribution is 0.130. The summed E-state index contributed by atoms with van der Waals surface area (Å²) in [7, 11) is 0. The van der Waals surface area contributed by atoms with Gasteiger partial charge < -0.3 is 15.2 Å². The second kappa shape index (κ2) is 7.66. The maximum atomic E-state index is 12.7. The summed E-state index contributed by atoms with van der Waals surface area (Å²) in [6, 6.07) is 5.48. The van der Waals surface area contributed by atoms with Gasteiger partial charge in [0.2, 0.25) is 0 Å². The molecule has 1 aromatic rings. The molecule has 2 N–H and O–H groups in total. The Kier molecular flexibility index (Phi) is 6.14. The average Bonchev–Trinajstić information content (AvgIpc) is 2.37. The first-order chi connectivity index (χ1) is 8.63. The van der Waals surface area contributed by atoms with E-state index in [4.69, 9.17) is 4.74 Å². The second-order valence-electron chi connectivity index (χ2n) is 3.94. The zero-order valence-corrected chi connectivity index (χ0v) is 10.4. The molecule has 0 aliphatic rings. The fourth-order valence-corrected chi connectivity index (χ4v) is 1.34. The molecular formula is C13H18FNO3. The Balaban J connectivity index is 2.30. The lowest BCUT2D eigenvalue weighted by Gasteiger charge is -2.12. The number of hydrogen-bond donors (Lipinski definition) is 2. The number of amides is 1. The first-order valence-electron chi connectivity index (χ1n) is 5.97. The fourth-order valence-electron chi connectivity index (χ4n) is 1.34. The number of halogens is 1. The Bertz CT molecular complexity index is 367. The van der Waals surface area contributed by atoms with Gasteiger partial charge in [-0.1, -0.05) is 25.5 Å². The standard InChI is InChI=1S/C13H18FNO3/c1-2-3-8-18-13(17)15-9-12(16)10-4-6-11(14)7-5-10/h4-7,12,16H,2-3,8-9H2,1H3,(H,15,17). The van der Waals surface area contributed by atoms with Crippen LogP contribution in [0.2, 0.25) is 0 Å². The van der Waals surface area contributed by atoms with E-state index in [0.717, 1.165) is 12.8 Å². The monoisotopic (exact) mass is 255 g/mol. The Morgan fingerprint density at radius 1 is 1.44 bits per heavy atom. The first-order valence-corrected chi connectivity index (χ1v) is 5.97. The molecule has 1 amide bonds. The molecule has 5 heteroatoms. The van der Waals surface area contributed by atoms with Crippen LogP contribution >= 0.6 is 0 Å². The predicted octanol–water partition coefficient (Wildman–Crippen LogP) is 2.39. The number of unbranched alkanes of at least 4 members (excludes halogenated alkanes) is 1. The fraction of sp³-hybridized carbons (Fsp3) is 0.462. The van der Waals surface area contributed by atoms with Gasteiger partial charge in [0.25, 0.3) is 0 Å². The van der Waals surface area contributed by atoms with Gasteiger partial charge in [-0.2, -0.15) is 0 Å². The molecule has 0 fully saturated rings. The van der Waals surface area contributed by atoms with E-state index in [1.165, 1.54) is 24.3 Å². The first kappa shape index (κ1) is 14.4. The normalized spacial score (nSPS) is 11.9. The highest BCUT2D eigenvalue weighted by molar-refractivity contribution is 5.67. The second-order valence-corrected chi connectivity index (χ2v) is 3.94. The smallest absolute Gasteiger partial charge is 0.407 e. The third kappa shape index (κ3) is 5.14. The van der Waals surface area contributed by atoms with Gasteiger partial charge in [-0.15, -0.1) is 0 Å². The van der Waals surface area contributed by atoms with Crippen molar-refractivity contribution in [2.75, 3.05) is 13.2 Å². The highest BCUT2D eigenvalue weighted by atomic mass is 19.1. The van der Waals surface area contributed by atoms with E-state index < -0.39 is 12.2 Å². The molecule has 0 aliphatic carbocycles. The SMILES string of the molecule is CCCCOC(=O)NCC(O)c1ccc(F)cc1. The summed E-state index contributed by atoms with van der Waals surface area (Å²) < 4.78 is 17.5. The Labute approximate surface area is 106 Å². The molecule has 0 bridgehead atoms. The third-order valence-corrected chi connectivity index (χ3v) is 2.43. The summed E-state index contributed by atoms with van der Waals surface area (Å²) in [5.74, 6) is -0.363. The van der Waals surface area contributed by atoms with E-state index in [-0.39, 0.29) is 12.4 Å². The minimum atomic E-state index is -0.871. The van der Waals surface area contributed by atoms with E-state index in [1.807, 2.05) is 6.92 Å². The molecule has 0 spiro atoms. The van der Waals surface area contributed by atoms with Gasteiger partial charge in [-0.05, 0) is 24.1 Å². The summed E-state index contributed by atoms with van der Waals surface area (Å²) in [5, 5.41) is 12.2. The lowest BCUT2D eigenvalue weighted by atomic mass is 10.1. The maximum Gasteiger partial charge on any atom is 0.407 e. The van der Waals surface area contributed by atoms with Crippen LogP contribution in [-0.4, -0.2) is 24.4 Å². The zero-order valence-electron chi connectivity index (χ0n) is 10.4. The average molecular weight is 255 g/mol. The van der Waals surface area contributed by atoms with Gasteiger partial charge in [-0.25, -0.2) is 9.18 Å². The Morgan fingerprint density at radius 3 is 2.72 bits per heavy atom. The van der Waals surface area contributed by atoms with Crippen LogP contribution in [0.5, 0.6) is 0 Å². The molecule has 0 radical (unpaired) electrons. The van der Waals surface area contributed by atoms with Crippen LogP contribution in [0.25, 0.3) is 0 Å². The number of rotatable bonds is 6. The quantitative estimate of drug-likeness (QED) is 0.767. The largest absolute Gasteiger partial charge is 0.450 e. The summed E-state index contributed by atoms with van der Waals surface area (Å²) in [6.45, 7) is 2.41. The van der Waals surface area contributed by atoms with Gasteiger partial charge in [0.1, 0.15) is 5.82 Å². The summed E-state index contributed by atoms with van der Waals surface area (Å²) in [4.78, 5) is 11.2. The molecule has 1 unspecified atom stereocenters. The number of hydrogen-bond acceptors (Lipinski definition) is 3. The van der Waals surface area contributed by atoms with E-state index in [9.17, 15) is 14.3 Å².